The van der Waals surface area contributed by atoms with Gasteiger partial charge in [0.15, 0.2) is 16.5 Å². The normalized spacial score (nSPS) is 16.3. The largest absolute Gasteiger partial charge is 0.461 e. The Morgan fingerprint density at radius 2 is 1.93 bits per heavy atom. The van der Waals surface area contributed by atoms with Crippen LogP contribution in [0.1, 0.15) is 86.5 Å². The predicted molar refractivity (Wildman–Crippen MR) is 107 cm³/mol. The summed E-state index contributed by atoms with van der Waals surface area (Å²) in [5.41, 5.74) is -0.459. The van der Waals surface area contributed by atoms with Crippen LogP contribution in [0.5, 0.6) is 0 Å². The summed E-state index contributed by atoms with van der Waals surface area (Å²) in [5, 5.41) is 4.69. The lowest BCUT2D eigenvalue weighted by Gasteiger charge is -2.31. The molecule has 8 heteroatoms. The third-order valence-electron chi connectivity index (χ3n) is 4.55. The van der Waals surface area contributed by atoms with Gasteiger partial charge in [0.25, 0.3) is 0 Å². The molecule has 1 aliphatic carbocycles. The number of esters is 1. The van der Waals surface area contributed by atoms with Crippen LogP contribution in [-0.4, -0.2) is 41.1 Å². The second-order valence-electron chi connectivity index (χ2n) is 8.04. The third-order valence-corrected chi connectivity index (χ3v) is 5.44. The first-order chi connectivity index (χ1) is 13.2. The molecule has 0 saturated heterocycles. The number of hydrogen-bond acceptors (Lipinski definition) is 7. The van der Waals surface area contributed by atoms with Crippen molar-refractivity contribution in [1.82, 2.24) is 10.3 Å². The minimum Gasteiger partial charge on any atom is -0.461 e. The van der Waals surface area contributed by atoms with Gasteiger partial charge in [-0.15, -0.1) is 11.3 Å². The van der Waals surface area contributed by atoms with Crippen LogP contribution < -0.4 is 5.32 Å². The minimum atomic E-state index is -0.602. The molecule has 0 bridgehead atoms. The molecular weight excluding hydrogens is 380 g/mol. The molecule has 156 valence electrons. The number of rotatable bonds is 7. The maximum Gasteiger partial charge on any atom is 0.407 e. The quantitative estimate of drug-likeness (QED) is 0.530. The molecule has 2 rings (SSSR count). The molecule has 1 atom stereocenters. The maximum absolute atomic E-state index is 12.8. The first-order valence-electron chi connectivity index (χ1n) is 9.85. The highest BCUT2D eigenvalue weighted by Gasteiger charge is 2.30. The van der Waals surface area contributed by atoms with Crippen molar-refractivity contribution in [3.8, 4) is 0 Å². The number of amides is 1. The van der Waals surface area contributed by atoms with Crippen LogP contribution in [-0.2, 0) is 9.47 Å². The zero-order chi connectivity index (χ0) is 20.7. The topological polar surface area (TPSA) is 94.6 Å². The first-order valence-corrected chi connectivity index (χ1v) is 10.7. The Morgan fingerprint density at radius 1 is 1.25 bits per heavy atom. The van der Waals surface area contributed by atoms with Gasteiger partial charge in [-0.2, -0.15) is 0 Å². The van der Waals surface area contributed by atoms with Gasteiger partial charge in [0.2, 0.25) is 0 Å². The summed E-state index contributed by atoms with van der Waals surface area (Å²) in [6.07, 6.45) is 4.94. The number of ether oxygens (including phenoxy) is 2. The number of alkyl carbamates (subject to hydrolysis) is 1. The molecule has 0 radical (unpaired) electrons. The summed E-state index contributed by atoms with van der Waals surface area (Å²) in [5.74, 6) is -0.490. The Kier molecular flexibility index (Phi) is 7.98. The standard InChI is InChI=1S/C20H30N2O5S/c1-5-26-18(24)15-12-28-17(21-15)16(23)11-14(13-9-7-6-8-10-13)22-19(25)27-20(2,3)4/h12-14H,5-11H2,1-4H3,(H,22,25). The number of thiazole rings is 1. The predicted octanol–water partition coefficient (Wildman–Crippen LogP) is 4.37. The fourth-order valence-electron chi connectivity index (χ4n) is 3.32. The van der Waals surface area contributed by atoms with Crippen LogP contribution >= 0.6 is 11.3 Å². The van der Waals surface area contributed by atoms with E-state index in [-0.39, 0.29) is 41.5 Å². The molecular formula is C20H30N2O5S. The van der Waals surface area contributed by atoms with E-state index >= 15 is 0 Å². The summed E-state index contributed by atoms with van der Waals surface area (Å²) >= 11 is 1.12. The lowest BCUT2D eigenvalue weighted by atomic mass is 9.82. The molecule has 7 nitrogen and oxygen atoms in total. The van der Waals surface area contributed by atoms with Crippen molar-refractivity contribution in [2.45, 2.75) is 77.9 Å². The van der Waals surface area contributed by atoms with Gasteiger partial charge in [-0.25, -0.2) is 14.6 Å². The monoisotopic (exact) mass is 410 g/mol. The molecule has 1 N–H and O–H groups in total. The number of nitrogens with one attached hydrogen (secondary N) is 1. The van der Waals surface area contributed by atoms with E-state index in [0.717, 1.165) is 37.0 Å². The van der Waals surface area contributed by atoms with Gasteiger partial charge in [-0.3, -0.25) is 4.79 Å². The second-order valence-corrected chi connectivity index (χ2v) is 8.89. The number of carbonyl (C=O) groups is 3. The molecule has 0 spiro atoms. The fraction of sp³-hybridized carbons (Fsp3) is 0.700. The van der Waals surface area contributed by atoms with E-state index in [9.17, 15) is 14.4 Å². The Morgan fingerprint density at radius 3 is 2.54 bits per heavy atom. The SMILES string of the molecule is CCOC(=O)c1csc(C(=O)CC(NC(=O)OC(C)(C)C)C2CCCCC2)n1. The van der Waals surface area contributed by atoms with Gasteiger partial charge < -0.3 is 14.8 Å². The average Bonchev–Trinajstić information content (AvgIpc) is 3.11. The molecule has 1 unspecified atom stereocenters. The molecule has 1 saturated carbocycles. The fourth-order valence-corrected chi connectivity index (χ4v) is 4.06. The van der Waals surface area contributed by atoms with Gasteiger partial charge in [-0.1, -0.05) is 19.3 Å². The Labute approximate surface area is 170 Å². The number of Topliss-reactive ketones (excluding diaryl/α,β-unsaturated/α-hetero) is 1. The van der Waals surface area contributed by atoms with E-state index in [1.807, 2.05) is 0 Å². The smallest absolute Gasteiger partial charge is 0.407 e. The van der Waals surface area contributed by atoms with Crippen molar-refractivity contribution in [3.63, 3.8) is 0 Å². The molecule has 1 aromatic rings. The molecule has 1 aliphatic rings. The van der Waals surface area contributed by atoms with Crippen molar-refractivity contribution >= 4 is 29.2 Å². The van der Waals surface area contributed by atoms with Gasteiger partial charge in [0, 0.05) is 17.8 Å². The van der Waals surface area contributed by atoms with Gasteiger partial charge in [-0.05, 0) is 46.5 Å². The molecule has 1 amide bonds. The van der Waals surface area contributed by atoms with Gasteiger partial charge >= 0.3 is 12.1 Å². The van der Waals surface area contributed by atoms with Crippen molar-refractivity contribution < 1.29 is 23.9 Å². The highest BCUT2D eigenvalue weighted by molar-refractivity contribution is 7.11. The summed E-state index contributed by atoms with van der Waals surface area (Å²) in [4.78, 5) is 40.9. The first kappa shape index (κ1) is 22.3. The van der Waals surface area contributed by atoms with Crippen molar-refractivity contribution in [2.24, 2.45) is 5.92 Å². The van der Waals surface area contributed by atoms with Crippen LogP contribution in [0.2, 0.25) is 0 Å². The van der Waals surface area contributed by atoms with Crippen LogP contribution in [0.3, 0.4) is 0 Å². The Hall–Kier alpha value is -1.96. The van der Waals surface area contributed by atoms with E-state index in [1.54, 1.807) is 27.7 Å². The molecule has 28 heavy (non-hydrogen) atoms. The van der Waals surface area contributed by atoms with Crippen LogP contribution in [0.25, 0.3) is 0 Å². The summed E-state index contributed by atoms with van der Waals surface area (Å²) in [7, 11) is 0. The Bertz CT molecular complexity index is 689. The number of hydrogen-bond donors (Lipinski definition) is 1. The summed E-state index contributed by atoms with van der Waals surface area (Å²) in [6.45, 7) is 7.39. The summed E-state index contributed by atoms with van der Waals surface area (Å²) in [6, 6.07) is -0.308. The number of ketones is 1. The lowest BCUT2D eigenvalue weighted by molar-refractivity contribution is 0.0471. The van der Waals surface area contributed by atoms with Gasteiger partial charge in [0.05, 0.1) is 6.61 Å². The molecule has 1 fully saturated rings. The van der Waals surface area contributed by atoms with Crippen molar-refractivity contribution in [2.75, 3.05) is 6.61 Å². The van der Waals surface area contributed by atoms with E-state index in [4.69, 9.17) is 9.47 Å². The van der Waals surface area contributed by atoms with Crippen LogP contribution in [0.15, 0.2) is 5.38 Å². The lowest BCUT2D eigenvalue weighted by Crippen LogP contribution is -2.44. The highest BCUT2D eigenvalue weighted by Crippen LogP contribution is 2.29. The van der Waals surface area contributed by atoms with E-state index in [2.05, 4.69) is 10.3 Å². The molecule has 1 heterocycles. The number of aromatic nitrogens is 1. The molecule has 1 aromatic heterocycles. The van der Waals surface area contributed by atoms with Crippen molar-refractivity contribution in [1.29, 1.82) is 0 Å². The van der Waals surface area contributed by atoms with Crippen LogP contribution in [0, 0.1) is 5.92 Å². The third kappa shape index (κ3) is 6.89. The zero-order valence-corrected chi connectivity index (χ0v) is 17.9. The second kappa shape index (κ2) is 10.0. The van der Waals surface area contributed by atoms with Crippen molar-refractivity contribution in [3.05, 3.63) is 16.1 Å². The number of nitrogens with zero attached hydrogens (tertiary/aromatic N) is 1. The minimum absolute atomic E-state index is 0.139. The van der Waals surface area contributed by atoms with E-state index in [0.29, 0.717) is 0 Å². The Balaban J connectivity index is 2.07. The molecule has 0 aliphatic heterocycles. The zero-order valence-electron chi connectivity index (χ0n) is 17.1. The number of carbonyl (C=O) groups excluding carboxylic acids is 3. The molecule has 0 aromatic carbocycles. The van der Waals surface area contributed by atoms with Crippen LogP contribution in [0.4, 0.5) is 4.79 Å². The van der Waals surface area contributed by atoms with E-state index in [1.165, 1.54) is 11.8 Å². The maximum atomic E-state index is 12.8. The summed E-state index contributed by atoms with van der Waals surface area (Å²) < 4.78 is 10.3. The van der Waals surface area contributed by atoms with E-state index < -0.39 is 17.7 Å². The van der Waals surface area contributed by atoms with Gasteiger partial charge in [0.1, 0.15) is 5.60 Å². The average molecular weight is 411 g/mol. The highest BCUT2D eigenvalue weighted by atomic mass is 32.1.